The number of carbonyl (C=O) groups is 1. The molecular formula is C16H13NO3S3. The minimum atomic E-state index is -0.110. The second kappa shape index (κ2) is 7.25. The molecule has 0 saturated carbocycles. The molecule has 1 aliphatic rings. The fourth-order valence-electron chi connectivity index (χ4n) is 1.94. The number of hydrogen-bond acceptors (Lipinski definition) is 6. The van der Waals surface area contributed by atoms with E-state index in [1.165, 1.54) is 28.4 Å². The Bertz CT molecular complexity index is 761. The van der Waals surface area contributed by atoms with Crippen LogP contribution in [0.1, 0.15) is 11.5 Å². The van der Waals surface area contributed by atoms with Crippen LogP contribution in [0.2, 0.25) is 0 Å². The summed E-state index contributed by atoms with van der Waals surface area (Å²) in [5.41, 5.74) is 0. The first-order valence-corrected chi connectivity index (χ1v) is 8.99. The zero-order valence-electron chi connectivity index (χ0n) is 12.1. The van der Waals surface area contributed by atoms with Gasteiger partial charge in [-0.1, -0.05) is 41.8 Å². The summed E-state index contributed by atoms with van der Waals surface area (Å²) in [6, 6.07) is 7.49. The molecule has 0 aliphatic carbocycles. The summed E-state index contributed by atoms with van der Waals surface area (Å²) < 4.78 is 11.5. The Morgan fingerprint density at radius 3 is 3.00 bits per heavy atom. The molecule has 1 amide bonds. The van der Waals surface area contributed by atoms with Crippen molar-refractivity contribution in [3.8, 4) is 0 Å². The van der Waals surface area contributed by atoms with Gasteiger partial charge in [-0.2, -0.15) is 0 Å². The zero-order chi connectivity index (χ0) is 16.2. The Morgan fingerprint density at radius 2 is 2.26 bits per heavy atom. The predicted octanol–water partition coefficient (Wildman–Crippen LogP) is 4.55. The van der Waals surface area contributed by atoms with Gasteiger partial charge in [-0.05, 0) is 24.3 Å². The number of hydrogen-bond donors (Lipinski definition) is 0. The van der Waals surface area contributed by atoms with Crippen LogP contribution >= 0.6 is 35.7 Å². The van der Waals surface area contributed by atoms with Crippen molar-refractivity contribution in [1.29, 1.82) is 0 Å². The molecule has 3 rings (SSSR count). The molecule has 118 valence electrons. The first kappa shape index (κ1) is 16.2. The van der Waals surface area contributed by atoms with Crippen LogP contribution in [0.5, 0.6) is 0 Å². The number of rotatable bonds is 6. The molecule has 0 aromatic carbocycles. The lowest BCUT2D eigenvalue weighted by molar-refractivity contribution is -0.121. The zero-order valence-corrected chi connectivity index (χ0v) is 14.5. The third-order valence-corrected chi connectivity index (χ3v) is 5.31. The van der Waals surface area contributed by atoms with Crippen molar-refractivity contribution in [2.75, 3.05) is 6.54 Å². The molecule has 7 heteroatoms. The van der Waals surface area contributed by atoms with Crippen molar-refractivity contribution in [3.05, 3.63) is 59.6 Å². The van der Waals surface area contributed by atoms with Crippen molar-refractivity contribution in [1.82, 2.24) is 4.90 Å². The van der Waals surface area contributed by atoms with Gasteiger partial charge in [0, 0.05) is 12.6 Å². The number of carbonyl (C=O) groups excluding carboxylic acids is 1. The summed E-state index contributed by atoms with van der Waals surface area (Å²) in [6.45, 7) is 4.06. The fraction of sp³-hybridized carbons (Fsp3) is 0.125. The van der Waals surface area contributed by atoms with Gasteiger partial charge in [0.25, 0.3) is 5.91 Å². The molecule has 1 fully saturated rings. The van der Waals surface area contributed by atoms with Crippen molar-refractivity contribution >= 4 is 52.0 Å². The standard InChI is InChI=1S/C16H13NO3S3/c1-2-7-17-15(18)13(23-16(17)21)9-11-5-6-14(20-11)22-10-12-4-3-8-19-12/h2-6,8-9H,1,7,10H2. The highest BCUT2D eigenvalue weighted by molar-refractivity contribution is 8.26. The smallest absolute Gasteiger partial charge is 0.266 e. The van der Waals surface area contributed by atoms with E-state index in [1.807, 2.05) is 24.3 Å². The van der Waals surface area contributed by atoms with E-state index in [0.29, 0.717) is 27.3 Å². The molecule has 1 aliphatic heterocycles. The molecule has 0 bridgehead atoms. The van der Waals surface area contributed by atoms with Gasteiger partial charge in [-0.3, -0.25) is 9.69 Å². The molecule has 0 spiro atoms. The highest BCUT2D eigenvalue weighted by Gasteiger charge is 2.31. The number of amides is 1. The summed E-state index contributed by atoms with van der Waals surface area (Å²) in [6.07, 6.45) is 5.03. The van der Waals surface area contributed by atoms with Crippen molar-refractivity contribution in [2.45, 2.75) is 10.8 Å². The molecule has 23 heavy (non-hydrogen) atoms. The summed E-state index contributed by atoms with van der Waals surface area (Å²) in [5, 5.41) is 0.772. The van der Waals surface area contributed by atoms with E-state index in [-0.39, 0.29) is 5.91 Å². The van der Waals surface area contributed by atoms with Gasteiger partial charge >= 0.3 is 0 Å². The maximum atomic E-state index is 12.2. The number of thioether (sulfide) groups is 2. The molecule has 0 atom stereocenters. The highest BCUT2D eigenvalue weighted by atomic mass is 32.2. The predicted molar refractivity (Wildman–Crippen MR) is 97.1 cm³/mol. The maximum absolute atomic E-state index is 12.2. The van der Waals surface area contributed by atoms with Crippen molar-refractivity contribution in [3.63, 3.8) is 0 Å². The Balaban J connectivity index is 1.67. The largest absolute Gasteiger partial charge is 0.468 e. The lowest BCUT2D eigenvalue weighted by Crippen LogP contribution is -2.27. The van der Waals surface area contributed by atoms with Crippen LogP contribution < -0.4 is 0 Å². The Kier molecular flexibility index (Phi) is 5.09. The van der Waals surface area contributed by atoms with E-state index in [1.54, 1.807) is 18.4 Å². The van der Waals surface area contributed by atoms with Gasteiger partial charge in [-0.15, -0.1) is 6.58 Å². The summed E-state index contributed by atoms with van der Waals surface area (Å²) >= 11 is 8.02. The monoisotopic (exact) mass is 363 g/mol. The van der Waals surface area contributed by atoms with Crippen molar-refractivity contribution in [2.24, 2.45) is 0 Å². The van der Waals surface area contributed by atoms with Gasteiger partial charge in [0.1, 0.15) is 15.8 Å². The van der Waals surface area contributed by atoms with Crippen LogP contribution in [-0.4, -0.2) is 21.7 Å². The Hall–Kier alpha value is -1.70. The number of thiocarbonyl (C=S) groups is 1. The van der Waals surface area contributed by atoms with Crippen molar-refractivity contribution < 1.29 is 13.6 Å². The Labute approximate surface area is 147 Å². The third kappa shape index (κ3) is 3.80. The quantitative estimate of drug-likeness (QED) is 0.325. The molecule has 2 aromatic heterocycles. The number of furan rings is 2. The second-order valence-electron chi connectivity index (χ2n) is 4.61. The molecule has 3 heterocycles. The average Bonchev–Trinajstić information content (AvgIpc) is 3.24. The van der Waals surface area contributed by atoms with Gasteiger partial charge < -0.3 is 8.83 Å². The lowest BCUT2D eigenvalue weighted by Gasteiger charge is -2.10. The molecule has 2 aromatic rings. The van der Waals surface area contributed by atoms with Gasteiger partial charge in [0.15, 0.2) is 5.09 Å². The number of nitrogens with zero attached hydrogens (tertiary/aromatic N) is 1. The van der Waals surface area contributed by atoms with E-state index < -0.39 is 0 Å². The summed E-state index contributed by atoms with van der Waals surface area (Å²) in [4.78, 5) is 14.3. The molecular weight excluding hydrogens is 350 g/mol. The van der Waals surface area contributed by atoms with Crippen LogP contribution in [0.4, 0.5) is 0 Å². The minimum absolute atomic E-state index is 0.110. The molecule has 1 saturated heterocycles. The fourth-order valence-corrected chi connectivity index (χ4v) is 3.97. The van der Waals surface area contributed by atoms with Crippen LogP contribution in [-0.2, 0) is 10.5 Å². The van der Waals surface area contributed by atoms with Gasteiger partial charge in [0.2, 0.25) is 0 Å². The first-order chi connectivity index (χ1) is 11.2. The topological polar surface area (TPSA) is 46.6 Å². The molecule has 0 N–H and O–H groups in total. The van der Waals surface area contributed by atoms with E-state index >= 15 is 0 Å². The van der Waals surface area contributed by atoms with E-state index in [4.69, 9.17) is 21.1 Å². The molecule has 0 unspecified atom stereocenters. The highest BCUT2D eigenvalue weighted by Crippen LogP contribution is 2.33. The second-order valence-corrected chi connectivity index (χ2v) is 7.26. The normalized spacial score (nSPS) is 16.5. The summed E-state index contributed by atoms with van der Waals surface area (Å²) in [5.74, 6) is 2.10. The maximum Gasteiger partial charge on any atom is 0.266 e. The first-order valence-electron chi connectivity index (χ1n) is 6.78. The van der Waals surface area contributed by atoms with Gasteiger partial charge in [-0.25, -0.2) is 0 Å². The van der Waals surface area contributed by atoms with Crippen LogP contribution in [0.25, 0.3) is 6.08 Å². The summed E-state index contributed by atoms with van der Waals surface area (Å²) in [7, 11) is 0. The van der Waals surface area contributed by atoms with E-state index in [2.05, 4.69) is 6.58 Å². The third-order valence-electron chi connectivity index (χ3n) is 3.00. The van der Waals surface area contributed by atoms with Crippen LogP contribution in [0.15, 0.2) is 62.0 Å². The van der Waals surface area contributed by atoms with Crippen LogP contribution in [0, 0.1) is 0 Å². The molecule has 4 nitrogen and oxygen atoms in total. The molecule has 0 radical (unpaired) electrons. The SMILES string of the molecule is C=CCN1C(=O)C(=Cc2ccc(SCc3ccco3)o2)SC1=S. The Morgan fingerprint density at radius 1 is 1.39 bits per heavy atom. The van der Waals surface area contributed by atoms with E-state index in [9.17, 15) is 4.79 Å². The van der Waals surface area contributed by atoms with E-state index in [0.717, 1.165) is 10.9 Å². The lowest BCUT2D eigenvalue weighted by atomic mass is 10.3. The van der Waals surface area contributed by atoms with Gasteiger partial charge in [0.05, 0.1) is 16.9 Å². The minimum Gasteiger partial charge on any atom is -0.468 e. The van der Waals surface area contributed by atoms with Crippen LogP contribution in [0.3, 0.4) is 0 Å². The average molecular weight is 363 g/mol.